The van der Waals surface area contributed by atoms with Crippen LogP contribution >= 0.6 is 11.3 Å². The third-order valence-corrected chi connectivity index (χ3v) is 15.3. The Balaban J connectivity index is 0.000000378. The van der Waals surface area contributed by atoms with Gasteiger partial charge in [-0.1, -0.05) is 96.1 Å². The van der Waals surface area contributed by atoms with Crippen molar-refractivity contribution in [3.63, 3.8) is 0 Å². The Morgan fingerprint density at radius 1 is 0.977 bits per heavy atom. The molecule has 0 atom stereocenters. The average molecular weight is 825 g/mol. The Labute approximate surface area is 286 Å². The summed E-state index contributed by atoms with van der Waals surface area (Å²) in [5.41, 5.74) is 4.03. The number of hydrogen-bond acceptors (Lipinski definition) is 5. The van der Waals surface area contributed by atoms with Gasteiger partial charge >= 0.3 is 0 Å². The van der Waals surface area contributed by atoms with Gasteiger partial charge in [-0.05, 0) is 42.7 Å². The molecule has 0 fully saturated rings. The Morgan fingerprint density at radius 2 is 1.57 bits per heavy atom. The number of fused-ring (bicyclic) bond motifs is 2. The first kappa shape index (κ1) is 36.5. The maximum Gasteiger partial charge on any atom is 0.162 e. The van der Waals surface area contributed by atoms with Crippen LogP contribution in [-0.2, 0) is 24.9 Å². The first-order valence-corrected chi connectivity index (χ1v) is 23.6. The minimum Gasteiger partial charge on any atom is -0.512 e. The van der Waals surface area contributed by atoms with Crippen LogP contribution in [0.4, 0.5) is 0 Å². The Hall–Kier alpha value is -1.97. The van der Waals surface area contributed by atoms with Gasteiger partial charge in [0.05, 0.1) is 27.4 Å². The summed E-state index contributed by atoms with van der Waals surface area (Å²) in [6.45, 7) is 24.5. The Bertz CT molecular complexity index is 1650. The van der Waals surface area contributed by atoms with Crippen LogP contribution in [0.1, 0.15) is 60.3 Å². The van der Waals surface area contributed by atoms with Gasteiger partial charge in [0.1, 0.15) is 7.67 Å². The topological polar surface area (TPSA) is 63.1 Å². The van der Waals surface area contributed by atoms with Crippen molar-refractivity contribution in [1.29, 1.82) is 0 Å². The monoisotopic (exact) mass is 825 g/mol. The minimum atomic E-state index is -1.58. The molecule has 0 aliphatic carbocycles. The molecular formula is C36H51IrN2O2SSi2-. The molecule has 44 heavy (non-hydrogen) atoms. The molecule has 0 unspecified atom stereocenters. The van der Waals surface area contributed by atoms with Gasteiger partial charge in [0.25, 0.3) is 0 Å². The van der Waals surface area contributed by atoms with Crippen molar-refractivity contribution in [1.82, 2.24) is 9.97 Å². The fourth-order valence-corrected chi connectivity index (χ4v) is 11.0. The molecule has 1 radical (unpaired) electrons. The fourth-order valence-electron chi connectivity index (χ4n) is 5.63. The van der Waals surface area contributed by atoms with Gasteiger partial charge < -0.3 is 5.11 Å². The van der Waals surface area contributed by atoms with E-state index in [0.29, 0.717) is 0 Å². The van der Waals surface area contributed by atoms with Crippen molar-refractivity contribution >= 4 is 63.9 Å². The summed E-state index contributed by atoms with van der Waals surface area (Å²) in [5, 5.41) is 13.6. The van der Waals surface area contributed by atoms with Crippen LogP contribution in [0.15, 0.2) is 48.5 Å². The van der Waals surface area contributed by atoms with Gasteiger partial charge in [-0.25, -0.2) is 4.98 Å². The zero-order valence-electron chi connectivity index (χ0n) is 29.4. The zero-order chi connectivity index (χ0) is 33.0. The van der Waals surface area contributed by atoms with Gasteiger partial charge in [0.15, 0.2) is 5.78 Å². The fraction of sp³-hybridized carbons (Fsp3) is 0.472. The van der Waals surface area contributed by atoms with Crippen molar-refractivity contribution in [2.75, 3.05) is 0 Å². The number of allylic oxidation sites excluding steroid dienone is 2. The number of aliphatic hydroxyl groups is 1. The van der Waals surface area contributed by atoms with Crippen molar-refractivity contribution in [2.24, 2.45) is 11.8 Å². The normalized spacial score (nSPS) is 12.8. The second-order valence-corrected chi connectivity index (χ2v) is 25.0. The Morgan fingerprint density at radius 3 is 2.11 bits per heavy atom. The molecule has 4 nitrogen and oxygen atoms in total. The number of rotatable bonds is 10. The number of ketones is 1. The van der Waals surface area contributed by atoms with Crippen LogP contribution in [0.25, 0.3) is 32.2 Å². The molecule has 0 aliphatic rings. The van der Waals surface area contributed by atoms with E-state index in [4.69, 9.17) is 1.37 Å². The quantitative estimate of drug-likeness (QED) is 0.0750. The molecule has 1 N–H and O–H groups in total. The van der Waals surface area contributed by atoms with Crippen LogP contribution in [0, 0.1) is 24.8 Å². The zero-order valence-corrected chi connectivity index (χ0v) is 33.7. The van der Waals surface area contributed by atoms with E-state index in [9.17, 15) is 9.90 Å². The second-order valence-electron chi connectivity index (χ2n) is 13.5. The molecule has 2 aromatic heterocycles. The minimum absolute atomic E-state index is 0. The molecule has 0 amide bonds. The largest absolute Gasteiger partial charge is 0.512 e. The molecule has 0 saturated carbocycles. The molecule has 0 saturated heterocycles. The van der Waals surface area contributed by atoms with Crippen LogP contribution in [0.3, 0.4) is 0 Å². The predicted molar refractivity (Wildman–Crippen MR) is 194 cm³/mol. The molecule has 241 valence electrons. The predicted octanol–water partition coefficient (Wildman–Crippen LogP) is 9.58. The number of nitrogens with zero attached hydrogens (tertiary/aromatic N) is 2. The number of aliphatic hydroxyl groups excluding tert-OH is 1. The first-order valence-electron chi connectivity index (χ1n) is 16.3. The van der Waals surface area contributed by atoms with Crippen LogP contribution in [0.5, 0.6) is 0 Å². The molecule has 4 rings (SSSR count). The van der Waals surface area contributed by atoms with Crippen molar-refractivity contribution in [3.05, 3.63) is 60.1 Å². The number of aryl methyl sites for hydroxylation is 1. The summed E-state index contributed by atoms with van der Waals surface area (Å²) in [6, 6.07) is 14.4. The molecule has 4 aromatic rings. The standard InChI is InChI=1S/C23H27N2SSi2.C13H24O2.Ir/c1-15-20-22(26-23(15)28(5,6)7)21(25-14-24-20)17-12-16-10-8-9-11-18(16)19(13-17)27(2,3)4;1-5-10(6-2)12(14)9-13(15)11(7-3)8-4;/h8-11,13-14H,1-7H3;9-11,14H,5-8H2,1-4H3;/q-1;;/b;12-9-;/i14D;;. The molecule has 2 heterocycles. The van der Waals surface area contributed by atoms with E-state index < -0.39 is 16.1 Å². The number of benzene rings is 2. The molecule has 0 spiro atoms. The van der Waals surface area contributed by atoms with Gasteiger partial charge in [0, 0.05) is 48.4 Å². The van der Waals surface area contributed by atoms with Gasteiger partial charge in [-0.2, -0.15) is 0 Å². The third kappa shape index (κ3) is 8.85. The summed E-state index contributed by atoms with van der Waals surface area (Å²) < 4.78 is 10.8. The summed E-state index contributed by atoms with van der Waals surface area (Å²) in [7, 11) is -3.08. The molecule has 8 heteroatoms. The first-order chi connectivity index (χ1) is 20.6. The van der Waals surface area contributed by atoms with Crippen molar-refractivity contribution < 1.29 is 31.4 Å². The summed E-state index contributed by atoms with van der Waals surface area (Å²) in [4.78, 5) is 20.8. The van der Waals surface area contributed by atoms with Crippen LogP contribution in [-0.4, -0.2) is 37.0 Å². The summed E-state index contributed by atoms with van der Waals surface area (Å²) in [5.74, 6) is 0.547. The molecular weight excluding hydrogens is 773 g/mol. The SMILES string of the molecule is CCC(CC)C(=O)/C=C(\O)C(CC)CC.[2H]c1nc(-c2[c-]c3ccccc3c([Si](C)(C)C)c2)c2sc([Si](C)(C)C)c(C)c2n1.[Ir]. The van der Waals surface area contributed by atoms with Crippen LogP contribution < -0.4 is 9.69 Å². The third-order valence-electron chi connectivity index (χ3n) is 8.26. The van der Waals surface area contributed by atoms with E-state index in [2.05, 4.69) is 92.6 Å². The van der Waals surface area contributed by atoms with Crippen molar-refractivity contribution in [3.8, 4) is 11.3 Å². The Kier molecular flexibility index (Phi) is 13.3. The maximum atomic E-state index is 11.7. The van der Waals surface area contributed by atoms with E-state index in [-0.39, 0.29) is 49.8 Å². The van der Waals surface area contributed by atoms with E-state index in [1.807, 2.05) is 39.0 Å². The van der Waals surface area contributed by atoms with E-state index in [0.717, 1.165) is 52.5 Å². The number of carbonyl (C=O) groups excluding carboxylic acids is 1. The smallest absolute Gasteiger partial charge is 0.162 e. The summed E-state index contributed by atoms with van der Waals surface area (Å²) >= 11 is 1.82. The van der Waals surface area contributed by atoms with Gasteiger partial charge in [-0.3, -0.25) is 9.78 Å². The maximum absolute atomic E-state index is 11.7. The van der Waals surface area contributed by atoms with Gasteiger partial charge in [0.2, 0.25) is 0 Å². The van der Waals surface area contributed by atoms with Crippen LogP contribution in [0.2, 0.25) is 39.3 Å². The number of carbonyl (C=O) groups is 1. The molecule has 0 aliphatic heterocycles. The number of thiophene rings is 1. The van der Waals surface area contributed by atoms with E-state index in [1.165, 1.54) is 26.7 Å². The second kappa shape index (κ2) is 16.0. The molecule has 0 bridgehead atoms. The average Bonchev–Trinajstić information content (AvgIpc) is 3.29. The van der Waals surface area contributed by atoms with Crippen molar-refractivity contribution in [2.45, 2.75) is 99.6 Å². The van der Waals surface area contributed by atoms with E-state index >= 15 is 0 Å². The molecule has 2 aromatic carbocycles. The number of aromatic nitrogens is 2. The number of hydrogen-bond donors (Lipinski definition) is 1. The summed E-state index contributed by atoms with van der Waals surface area (Å²) in [6.07, 6.45) is 5.00. The van der Waals surface area contributed by atoms with E-state index in [1.54, 1.807) is 0 Å². The van der Waals surface area contributed by atoms with Gasteiger partial charge in [-0.15, -0.1) is 40.1 Å².